The number of para-hydroxylation sites is 1. The molecular weight excluding hydrogens is 312 g/mol. The second-order valence-electron chi connectivity index (χ2n) is 6.38. The maximum Gasteiger partial charge on any atom is 0.134 e. The largest absolute Gasteiger partial charge is 0.369 e. The van der Waals surface area contributed by atoms with Gasteiger partial charge in [0.1, 0.15) is 12.1 Å². The number of benzene rings is 1. The van der Waals surface area contributed by atoms with Crippen LogP contribution in [0.5, 0.6) is 0 Å². The molecule has 1 N–H and O–H groups in total. The van der Waals surface area contributed by atoms with Crippen molar-refractivity contribution in [2.75, 3.05) is 25.5 Å². The fourth-order valence-electron chi connectivity index (χ4n) is 3.26. The Morgan fingerprint density at radius 2 is 2.00 bits per heavy atom. The normalized spacial score (nSPS) is 14.3. The number of likely N-dealkylation sites (N-methyl/N-ethyl adjacent to an activating group) is 1. The van der Waals surface area contributed by atoms with E-state index in [1.54, 1.807) is 6.33 Å². The summed E-state index contributed by atoms with van der Waals surface area (Å²) < 4.78 is 1.99. The van der Waals surface area contributed by atoms with E-state index < -0.39 is 0 Å². The highest BCUT2D eigenvalue weighted by Crippen LogP contribution is 2.22. The van der Waals surface area contributed by atoms with Gasteiger partial charge in [0.25, 0.3) is 0 Å². The van der Waals surface area contributed by atoms with Crippen molar-refractivity contribution in [2.45, 2.75) is 19.4 Å². The summed E-state index contributed by atoms with van der Waals surface area (Å²) in [6.45, 7) is 2.77. The van der Waals surface area contributed by atoms with E-state index in [-0.39, 0.29) is 0 Å². The van der Waals surface area contributed by atoms with Gasteiger partial charge in [-0.15, -0.1) is 0 Å². The lowest BCUT2D eigenvalue weighted by Gasteiger charge is -2.25. The molecule has 0 fully saturated rings. The lowest BCUT2D eigenvalue weighted by atomic mass is 10.1. The van der Waals surface area contributed by atoms with E-state index in [0.29, 0.717) is 0 Å². The van der Waals surface area contributed by atoms with Crippen LogP contribution in [0, 0.1) is 0 Å². The van der Waals surface area contributed by atoms with Gasteiger partial charge in [0, 0.05) is 49.9 Å². The molecule has 128 valence electrons. The van der Waals surface area contributed by atoms with Crippen molar-refractivity contribution in [2.24, 2.45) is 0 Å². The predicted octanol–water partition coefficient (Wildman–Crippen LogP) is 2.30. The van der Waals surface area contributed by atoms with Crippen LogP contribution in [-0.4, -0.2) is 44.8 Å². The van der Waals surface area contributed by atoms with E-state index in [0.717, 1.165) is 44.0 Å². The van der Waals surface area contributed by atoms with Gasteiger partial charge in [0.2, 0.25) is 0 Å². The fourth-order valence-corrected chi connectivity index (χ4v) is 3.26. The number of nitrogens with zero attached hydrogens (tertiary/aromatic N) is 5. The molecule has 6 heteroatoms. The molecule has 0 radical (unpaired) electrons. The van der Waals surface area contributed by atoms with Crippen molar-refractivity contribution in [1.29, 1.82) is 0 Å². The Morgan fingerprint density at radius 1 is 1.12 bits per heavy atom. The molecular formula is C19H22N6. The minimum Gasteiger partial charge on any atom is -0.369 e. The first kappa shape index (κ1) is 15.8. The minimum absolute atomic E-state index is 0.811. The molecule has 0 bridgehead atoms. The molecule has 1 aliphatic rings. The Kier molecular flexibility index (Phi) is 4.43. The third-order valence-corrected chi connectivity index (χ3v) is 4.59. The van der Waals surface area contributed by atoms with Crippen molar-refractivity contribution >= 4 is 5.82 Å². The molecule has 3 aromatic rings. The molecule has 0 aliphatic carbocycles. The first-order chi connectivity index (χ1) is 12.3. The van der Waals surface area contributed by atoms with E-state index in [9.17, 15) is 0 Å². The van der Waals surface area contributed by atoms with Gasteiger partial charge >= 0.3 is 0 Å². The highest BCUT2D eigenvalue weighted by atomic mass is 15.3. The summed E-state index contributed by atoms with van der Waals surface area (Å²) in [4.78, 5) is 11.2. The summed E-state index contributed by atoms with van der Waals surface area (Å²) in [7, 11) is 2.14. The molecule has 4 rings (SSSR count). The molecule has 3 heterocycles. The zero-order valence-corrected chi connectivity index (χ0v) is 14.4. The van der Waals surface area contributed by atoms with E-state index >= 15 is 0 Å². The maximum atomic E-state index is 4.45. The summed E-state index contributed by atoms with van der Waals surface area (Å²) in [6, 6.07) is 12.3. The molecule has 2 aromatic heterocycles. The maximum absolute atomic E-state index is 4.45. The number of hydrogen-bond acceptors (Lipinski definition) is 5. The van der Waals surface area contributed by atoms with Crippen LogP contribution in [0.2, 0.25) is 0 Å². The molecule has 0 amide bonds. The Hall–Kier alpha value is -2.73. The SMILES string of the molecule is CN1CCc2ncnc(NCCc3ccnn3-c3ccccc3)c2C1. The lowest BCUT2D eigenvalue weighted by Crippen LogP contribution is -2.28. The standard InChI is InChI=1S/C19H22N6/c1-24-12-9-18-17(13-24)19(22-14-21-18)20-10-7-16-8-11-23-25(16)15-5-3-2-4-6-15/h2-6,8,11,14H,7,9-10,12-13H2,1H3,(H,20,21,22). The van der Waals surface area contributed by atoms with Crippen molar-refractivity contribution < 1.29 is 0 Å². The van der Waals surface area contributed by atoms with E-state index in [2.05, 4.69) is 50.5 Å². The van der Waals surface area contributed by atoms with Crippen LogP contribution >= 0.6 is 0 Å². The zero-order chi connectivity index (χ0) is 17.1. The second kappa shape index (κ2) is 7.03. The molecule has 0 saturated carbocycles. The number of fused-ring (bicyclic) bond motifs is 1. The van der Waals surface area contributed by atoms with Gasteiger partial charge in [-0.1, -0.05) is 18.2 Å². The lowest BCUT2D eigenvalue weighted by molar-refractivity contribution is 0.310. The van der Waals surface area contributed by atoms with Crippen LogP contribution in [-0.2, 0) is 19.4 Å². The Morgan fingerprint density at radius 3 is 2.88 bits per heavy atom. The second-order valence-corrected chi connectivity index (χ2v) is 6.38. The first-order valence-corrected chi connectivity index (χ1v) is 8.65. The highest BCUT2D eigenvalue weighted by Gasteiger charge is 2.18. The third kappa shape index (κ3) is 3.39. The van der Waals surface area contributed by atoms with Crippen molar-refractivity contribution in [3.63, 3.8) is 0 Å². The van der Waals surface area contributed by atoms with Crippen LogP contribution < -0.4 is 5.32 Å². The van der Waals surface area contributed by atoms with E-state index in [1.165, 1.54) is 17.0 Å². The van der Waals surface area contributed by atoms with Gasteiger partial charge in [-0.2, -0.15) is 5.10 Å². The molecule has 0 unspecified atom stereocenters. The minimum atomic E-state index is 0.811. The molecule has 0 saturated heterocycles. The van der Waals surface area contributed by atoms with Crippen molar-refractivity contribution in [3.05, 3.63) is 65.9 Å². The van der Waals surface area contributed by atoms with Gasteiger partial charge in [-0.25, -0.2) is 14.6 Å². The molecule has 0 spiro atoms. The molecule has 25 heavy (non-hydrogen) atoms. The number of nitrogens with one attached hydrogen (secondary N) is 1. The molecule has 6 nitrogen and oxygen atoms in total. The zero-order valence-electron chi connectivity index (χ0n) is 14.4. The summed E-state index contributed by atoms with van der Waals surface area (Å²) in [5, 5.41) is 7.94. The Bertz CT molecular complexity index is 842. The molecule has 1 aromatic carbocycles. The van der Waals surface area contributed by atoms with Crippen LogP contribution in [0.1, 0.15) is 17.0 Å². The summed E-state index contributed by atoms with van der Waals surface area (Å²) >= 11 is 0. The molecule has 0 atom stereocenters. The van der Waals surface area contributed by atoms with Gasteiger partial charge in [0.05, 0.1) is 11.4 Å². The number of hydrogen-bond donors (Lipinski definition) is 1. The number of anilines is 1. The quantitative estimate of drug-likeness (QED) is 0.776. The average Bonchev–Trinajstić information content (AvgIpc) is 3.11. The van der Waals surface area contributed by atoms with Crippen LogP contribution in [0.4, 0.5) is 5.82 Å². The van der Waals surface area contributed by atoms with Gasteiger partial charge in [-0.05, 0) is 25.2 Å². The van der Waals surface area contributed by atoms with E-state index in [1.807, 2.05) is 29.1 Å². The van der Waals surface area contributed by atoms with Gasteiger partial charge in [0.15, 0.2) is 0 Å². The summed E-state index contributed by atoms with van der Waals surface area (Å²) in [6.07, 6.45) is 5.39. The van der Waals surface area contributed by atoms with Crippen LogP contribution in [0.25, 0.3) is 5.69 Å². The first-order valence-electron chi connectivity index (χ1n) is 8.65. The summed E-state index contributed by atoms with van der Waals surface area (Å²) in [5.74, 6) is 0.960. The summed E-state index contributed by atoms with van der Waals surface area (Å²) in [5.41, 5.74) is 4.67. The highest BCUT2D eigenvalue weighted by molar-refractivity contribution is 5.47. The number of aromatic nitrogens is 4. The molecule has 1 aliphatic heterocycles. The van der Waals surface area contributed by atoms with Crippen molar-refractivity contribution in [3.8, 4) is 5.69 Å². The Labute approximate surface area is 147 Å². The van der Waals surface area contributed by atoms with Gasteiger partial charge < -0.3 is 10.2 Å². The third-order valence-electron chi connectivity index (χ3n) is 4.59. The average molecular weight is 334 g/mol. The van der Waals surface area contributed by atoms with Crippen molar-refractivity contribution in [1.82, 2.24) is 24.6 Å². The fraction of sp³-hybridized carbons (Fsp3) is 0.316. The monoisotopic (exact) mass is 334 g/mol. The Balaban J connectivity index is 1.45. The topological polar surface area (TPSA) is 58.9 Å². The van der Waals surface area contributed by atoms with Crippen LogP contribution in [0.15, 0.2) is 48.9 Å². The van der Waals surface area contributed by atoms with Gasteiger partial charge in [-0.3, -0.25) is 0 Å². The number of rotatable bonds is 5. The smallest absolute Gasteiger partial charge is 0.134 e. The van der Waals surface area contributed by atoms with E-state index in [4.69, 9.17) is 0 Å². The van der Waals surface area contributed by atoms with Crippen LogP contribution in [0.3, 0.4) is 0 Å². The predicted molar refractivity (Wildman–Crippen MR) is 97.8 cm³/mol.